The molecule has 1 aliphatic carbocycles. The summed E-state index contributed by atoms with van der Waals surface area (Å²) >= 11 is 0. The summed E-state index contributed by atoms with van der Waals surface area (Å²) in [6.07, 6.45) is 5.50. The van der Waals surface area contributed by atoms with Crippen LogP contribution in [0.1, 0.15) is 61.8 Å². The number of carboxylic acid groups (broad SMARTS) is 1. The molecule has 4 nitrogen and oxygen atoms in total. The van der Waals surface area contributed by atoms with Crippen LogP contribution in [0.5, 0.6) is 0 Å². The number of nitrogens with zero attached hydrogens (tertiary/aromatic N) is 2. The first-order valence-electron chi connectivity index (χ1n) is 7.85. The van der Waals surface area contributed by atoms with Crippen LogP contribution in [0.2, 0.25) is 0 Å². The number of aryl methyl sites for hydroxylation is 1. The fourth-order valence-electron chi connectivity index (χ4n) is 3.56. The molecule has 4 heteroatoms. The predicted molar refractivity (Wildman–Crippen MR) is 82.7 cm³/mol. The number of imidazole rings is 1. The van der Waals surface area contributed by atoms with Crippen molar-refractivity contribution in [1.29, 1.82) is 0 Å². The summed E-state index contributed by atoms with van der Waals surface area (Å²) in [6.45, 7) is 4.43. The number of rotatable bonds is 4. The largest absolute Gasteiger partial charge is 0.478 e. The number of carboxylic acids is 1. The lowest BCUT2D eigenvalue weighted by Crippen LogP contribution is -2.09. The number of fused-ring (bicyclic) bond motifs is 1. The number of aromatic nitrogens is 2. The number of aromatic carboxylic acids is 1. The quantitative estimate of drug-likeness (QED) is 0.922. The van der Waals surface area contributed by atoms with Gasteiger partial charge in [-0.1, -0.05) is 19.9 Å². The molecule has 1 aromatic heterocycles. The second-order valence-electron chi connectivity index (χ2n) is 6.20. The molecular weight excluding hydrogens is 264 g/mol. The van der Waals surface area contributed by atoms with Crippen molar-refractivity contribution < 1.29 is 9.90 Å². The van der Waals surface area contributed by atoms with Gasteiger partial charge in [0, 0.05) is 12.5 Å². The Hall–Kier alpha value is -1.84. The molecule has 0 saturated heterocycles. The SMILES string of the molecule is CCCc1nc2c(C(=O)O)cccc2n1C1CCC(C)C1. The van der Waals surface area contributed by atoms with E-state index in [1.807, 2.05) is 12.1 Å². The van der Waals surface area contributed by atoms with E-state index >= 15 is 0 Å². The van der Waals surface area contributed by atoms with Crippen LogP contribution >= 0.6 is 0 Å². The minimum atomic E-state index is -0.895. The third kappa shape index (κ3) is 2.43. The summed E-state index contributed by atoms with van der Waals surface area (Å²) in [5, 5.41) is 9.37. The molecule has 1 heterocycles. The molecule has 0 bridgehead atoms. The first kappa shape index (κ1) is 14.1. The molecule has 2 unspecified atom stereocenters. The minimum Gasteiger partial charge on any atom is -0.478 e. The van der Waals surface area contributed by atoms with Gasteiger partial charge < -0.3 is 9.67 Å². The second-order valence-corrected chi connectivity index (χ2v) is 6.20. The zero-order valence-corrected chi connectivity index (χ0v) is 12.7. The Morgan fingerprint density at radius 2 is 2.24 bits per heavy atom. The topological polar surface area (TPSA) is 55.1 Å². The molecule has 3 rings (SSSR count). The maximum atomic E-state index is 11.4. The molecule has 1 N–H and O–H groups in total. The van der Waals surface area contributed by atoms with Gasteiger partial charge >= 0.3 is 5.97 Å². The standard InChI is InChI=1S/C17H22N2O2/c1-3-5-15-18-16-13(17(20)21)6-4-7-14(16)19(15)12-9-8-11(2)10-12/h4,6-7,11-12H,3,5,8-10H2,1-2H3,(H,20,21). The van der Waals surface area contributed by atoms with Crippen molar-refractivity contribution in [3.05, 3.63) is 29.6 Å². The van der Waals surface area contributed by atoms with Crippen LogP contribution in [-0.4, -0.2) is 20.6 Å². The molecule has 2 aromatic rings. The molecule has 1 fully saturated rings. The Morgan fingerprint density at radius 3 is 2.86 bits per heavy atom. The highest BCUT2D eigenvalue weighted by Crippen LogP contribution is 2.37. The van der Waals surface area contributed by atoms with Gasteiger partial charge in [0.15, 0.2) is 0 Å². The maximum Gasteiger partial charge on any atom is 0.337 e. The number of hydrogen-bond acceptors (Lipinski definition) is 2. The van der Waals surface area contributed by atoms with Gasteiger partial charge in [0.25, 0.3) is 0 Å². The fourth-order valence-corrected chi connectivity index (χ4v) is 3.56. The number of carbonyl (C=O) groups is 1. The zero-order valence-electron chi connectivity index (χ0n) is 12.7. The number of hydrogen-bond donors (Lipinski definition) is 1. The molecule has 1 aliphatic rings. The minimum absolute atomic E-state index is 0.314. The van der Waals surface area contributed by atoms with Crippen LogP contribution in [0.25, 0.3) is 11.0 Å². The van der Waals surface area contributed by atoms with Crippen molar-refractivity contribution in [2.24, 2.45) is 5.92 Å². The highest BCUT2D eigenvalue weighted by atomic mass is 16.4. The van der Waals surface area contributed by atoms with Crippen LogP contribution in [-0.2, 0) is 6.42 Å². The van der Waals surface area contributed by atoms with Gasteiger partial charge in [-0.3, -0.25) is 0 Å². The highest BCUT2D eigenvalue weighted by molar-refractivity contribution is 6.01. The summed E-state index contributed by atoms with van der Waals surface area (Å²) < 4.78 is 2.31. The first-order valence-corrected chi connectivity index (χ1v) is 7.85. The van der Waals surface area contributed by atoms with Gasteiger partial charge in [-0.25, -0.2) is 9.78 Å². The van der Waals surface area contributed by atoms with E-state index < -0.39 is 5.97 Å². The van der Waals surface area contributed by atoms with Crippen LogP contribution in [0.4, 0.5) is 0 Å². The van der Waals surface area contributed by atoms with Crippen LogP contribution in [0, 0.1) is 5.92 Å². The van der Waals surface area contributed by atoms with Gasteiger partial charge in [0.05, 0.1) is 11.1 Å². The van der Waals surface area contributed by atoms with Crippen LogP contribution in [0.15, 0.2) is 18.2 Å². The molecule has 1 saturated carbocycles. The Kier molecular flexibility index (Phi) is 3.70. The average molecular weight is 286 g/mol. The average Bonchev–Trinajstić information content (AvgIpc) is 3.01. The smallest absolute Gasteiger partial charge is 0.337 e. The molecule has 2 atom stereocenters. The van der Waals surface area contributed by atoms with E-state index in [2.05, 4.69) is 23.4 Å². The Labute approximate surface area is 124 Å². The van der Waals surface area contributed by atoms with Gasteiger partial charge in [-0.15, -0.1) is 0 Å². The van der Waals surface area contributed by atoms with Gasteiger partial charge in [-0.05, 0) is 43.7 Å². The summed E-state index contributed by atoms with van der Waals surface area (Å²) in [6, 6.07) is 5.96. The molecule has 0 aliphatic heterocycles. The molecule has 21 heavy (non-hydrogen) atoms. The third-order valence-corrected chi connectivity index (χ3v) is 4.53. The third-order valence-electron chi connectivity index (χ3n) is 4.53. The van der Waals surface area contributed by atoms with Gasteiger partial charge in [-0.2, -0.15) is 0 Å². The van der Waals surface area contributed by atoms with Gasteiger partial charge in [0.1, 0.15) is 11.3 Å². The van der Waals surface area contributed by atoms with E-state index in [-0.39, 0.29) is 0 Å². The van der Waals surface area contributed by atoms with Gasteiger partial charge in [0.2, 0.25) is 0 Å². The summed E-state index contributed by atoms with van der Waals surface area (Å²) in [4.78, 5) is 16.1. The number of benzene rings is 1. The van der Waals surface area contributed by atoms with Crippen molar-refractivity contribution in [1.82, 2.24) is 9.55 Å². The van der Waals surface area contributed by atoms with Crippen molar-refractivity contribution in [3.8, 4) is 0 Å². The van der Waals surface area contributed by atoms with Crippen molar-refractivity contribution in [2.45, 2.75) is 52.0 Å². The molecular formula is C17H22N2O2. The normalized spacial score (nSPS) is 22.0. The van der Waals surface area contributed by atoms with Crippen molar-refractivity contribution in [2.75, 3.05) is 0 Å². The monoisotopic (exact) mass is 286 g/mol. The predicted octanol–water partition coefficient (Wildman–Crippen LogP) is 4.05. The maximum absolute atomic E-state index is 11.4. The first-order chi connectivity index (χ1) is 10.1. The summed E-state index contributed by atoms with van der Waals surface area (Å²) in [7, 11) is 0. The lowest BCUT2D eigenvalue weighted by Gasteiger charge is -2.16. The van der Waals surface area contributed by atoms with E-state index in [1.165, 1.54) is 19.3 Å². The lowest BCUT2D eigenvalue weighted by molar-refractivity contribution is 0.0699. The Morgan fingerprint density at radius 1 is 1.43 bits per heavy atom. The molecule has 0 spiro atoms. The molecule has 0 radical (unpaired) electrons. The highest BCUT2D eigenvalue weighted by Gasteiger charge is 2.27. The van der Waals surface area contributed by atoms with E-state index in [0.29, 0.717) is 17.1 Å². The molecule has 0 amide bonds. The number of para-hydroxylation sites is 1. The van der Waals surface area contributed by atoms with E-state index in [4.69, 9.17) is 0 Å². The molecule has 1 aromatic carbocycles. The molecule has 112 valence electrons. The van der Waals surface area contributed by atoms with E-state index in [0.717, 1.165) is 30.1 Å². The zero-order chi connectivity index (χ0) is 15.0. The Bertz CT molecular complexity index is 675. The van der Waals surface area contributed by atoms with Crippen LogP contribution in [0.3, 0.4) is 0 Å². The summed E-state index contributed by atoms with van der Waals surface area (Å²) in [5.41, 5.74) is 1.94. The Balaban J connectivity index is 2.18. The van der Waals surface area contributed by atoms with E-state index in [1.54, 1.807) is 6.07 Å². The lowest BCUT2D eigenvalue weighted by atomic mass is 10.1. The van der Waals surface area contributed by atoms with Crippen LogP contribution < -0.4 is 0 Å². The van der Waals surface area contributed by atoms with E-state index in [9.17, 15) is 9.90 Å². The summed E-state index contributed by atoms with van der Waals surface area (Å²) in [5.74, 6) is 0.887. The van der Waals surface area contributed by atoms with Crippen molar-refractivity contribution in [3.63, 3.8) is 0 Å². The second kappa shape index (κ2) is 5.51. The fraction of sp³-hybridized carbons (Fsp3) is 0.529. The van der Waals surface area contributed by atoms with Crippen molar-refractivity contribution >= 4 is 17.0 Å².